The largest absolute Gasteiger partial charge is 0.322 e. The van der Waals surface area contributed by atoms with Gasteiger partial charge in [-0.25, -0.2) is 0 Å². The summed E-state index contributed by atoms with van der Waals surface area (Å²) in [5.41, 5.74) is 5.50. The Balaban J connectivity index is 0.966. The Labute approximate surface area is 276 Å². The molecule has 4 unspecified atom stereocenters. The number of carbonyl (C=O) groups is 6. The van der Waals surface area contributed by atoms with E-state index in [0.29, 0.717) is 28.2 Å². The van der Waals surface area contributed by atoms with Crippen molar-refractivity contribution in [3.8, 4) is 11.1 Å². The maximum Gasteiger partial charge on any atom is 0.255 e. The highest BCUT2D eigenvalue weighted by Crippen LogP contribution is 2.48. The SMILES string of the molecule is Cc1ccc(C(=O)Nc2ccc(-c3ccc(NC(=O)c4ccc(N5C(=O)C6CC7C(=O)N(C)C(=O)C7CC6C5=O)cc4)cc3)cc2)cc1. The van der Waals surface area contributed by atoms with E-state index < -0.39 is 23.7 Å². The van der Waals surface area contributed by atoms with Crippen molar-refractivity contribution < 1.29 is 28.8 Å². The number of rotatable bonds is 6. The van der Waals surface area contributed by atoms with Gasteiger partial charge in [-0.15, -0.1) is 0 Å². The normalized spacial score (nSPS) is 21.6. The summed E-state index contributed by atoms with van der Waals surface area (Å²) in [6.45, 7) is 1.97. The number of nitrogens with one attached hydrogen (secondary N) is 2. The molecule has 3 fully saturated rings. The summed E-state index contributed by atoms with van der Waals surface area (Å²) in [4.78, 5) is 79.5. The molecule has 6 amide bonds. The Morgan fingerprint density at radius 2 is 0.917 bits per heavy atom. The van der Waals surface area contributed by atoms with Crippen molar-refractivity contribution in [2.24, 2.45) is 23.7 Å². The van der Waals surface area contributed by atoms with E-state index in [0.717, 1.165) is 26.5 Å². The number of hydrogen-bond acceptors (Lipinski definition) is 6. The second-order valence-corrected chi connectivity index (χ2v) is 12.6. The number of hydrogen-bond donors (Lipinski definition) is 2. The maximum atomic E-state index is 13.3. The van der Waals surface area contributed by atoms with Crippen LogP contribution >= 0.6 is 0 Å². The van der Waals surface area contributed by atoms with Gasteiger partial charge in [0.1, 0.15) is 0 Å². The van der Waals surface area contributed by atoms with Crippen molar-refractivity contribution in [3.05, 3.63) is 114 Å². The molecule has 0 bridgehead atoms. The van der Waals surface area contributed by atoms with E-state index in [1.165, 1.54) is 7.05 Å². The first kappa shape index (κ1) is 30.7. The van der Waals surface area contributed by atoms with Crippen molar-refractivity contribution in [1.29, 1.82) is 0 Å². The fraction of sp³-hybridized carbons (Fsp3) is 0.211. The molecule has 3 aliphatic rings. The number of imide groups is 2. The molecule has 1 aliphatic carbocycles. The Morgan fingerprint density at radius 1 is 0.542 bits per heavy atom. The first-order valence-corrected chi connectivity index (χ1v) is 15.8. The van der Waals surface area contributed by atoms with Crippen LogP contribution in [0.15, 0.2) is 97.1 Å². The molecule has 1 saturated carbocycles. The van der Waals surface area contributed by atoms with Crippen LogP contribution in [0.5, 0.6) is 0 Å². The highest BCUT2D eigenvalue weighted by molar-refractivity contribution is 6.23. The van der Waals surface area contributed by atoms with Gasteiger partial charge in [0.05, 0.1) is 29.4 Å². The predicted octanol–water partition coefficient (Wildman–Crippen LogP) is 5.30. The summed E-state index contributed by atoms with van der Waals surface area (Å²) in [5, 5.41) is 5.77. The second kappa shape index (κ2) is 12.0. The van der Waals surface area contributed by atoms with Crippen molar-refractivity contribution in [2.45, 2.75) is 19.8 Å². The molecule has 10 nitrogen and oxygen atoms in total. The monoisotopic (exact) mass is 640 g/mol. The van der Waals surface area contributed by atoms with Gasteiger partial charge in [0.15, 0.2) is 0 Å². The van der Waals surface area contributed by atoms with Gasteiger partial charge in [-0.3, -0.25) is 38.6 Å². The molecule has 7 rings (SSSR count). The predicted molar refractivity (Wildman–Crippen MR) is 179 cm³/mol. The lowest BCUT2D eigenvalue weighted by molar-refractivity contribution is -0.138. The molecular weight excluding hydrogens is 608 g/mol. The van der Waals surface area contributed by atoms with Crippen LogP contribution < -0.4 is 15.5 Å². The lowest BCUT2D eigenvalue weighted by Crippen LogP contribution is -2.35. The molecular formula is C38H32N4O6. The summed E-state index contributed by atoms with van der Waals surface area (Å²) in [6, 6.07) is 28.4. The number of aryl methyl sites for hydroxylation is 1. The van der Waals surface area contributed by atoms with Gasteiger partial charge in [-0.05, 0) is 91.6 Å². The van der Waals surface area contributed by atoms with Crippen LogP contribution in [-0.2, 0) is 19.2 Å². The minimum absolute atomic E-state index is 0.180. The summed E-state index contributed by atoms with van der Waals surface area (Å²) in [5.74, 6) is -4.29. The van der Waals surface area contributed by atoms with Crippen LogP contribution in [0.2, 0.25) is 0 Å². The van der Waals surface area contributed by atoms with E-state index in [9.17, 15) is 28.8 Å². The average molecular weight is 641 g/mol. The van der Waals surface area contributed by atoms with Gasteiger partial charge in [0.25, 0.3) is 11.8 Å². The summed E-state index contributed by atoms with van der Waals surface area (Å²) >= 11 is 0. The summed E-state index contributed by atoms with van der Waals surface area (Å²) in [6.07, 6.45) is 0.366. The first-order valence-electron chi connectivity index (χ1n) is 15.8. The van der Waals surface area contributed by atoms with Crippen LogP contribution in [0.3, 0.4) is 0 Å². The third-order valence-corrected chi connectivity index (χ3v) is 9.68. The van der Waals surface area contributed by atoms with Crippen molar-refractivity contribution in [2.75, 3.05) is 22.6 Å². The molecule has 2 N–H and O–H groups in total. The molecule has 0 spiro atoms. The smallest absolute Gasteiger partial charge is 0.255 e. The zero-order valence-electron chi connectivity index (χ0n) is 26.3. The van der Waals surface area contributed by atoms with Crippen molar-refractivity contribution in [3.63, 3.8) is 0 Å². The van der Waals surface area contributed by atoms with Gasteiger partial charge in [-0.1, -0.05) is 42.0 Å². The van der Waals surface area contributed by atoms with Crippen molar-refractivity contribution >= 4 is 52.5 Å². The zero-order valence-corrected chi connectivity index (χ0v) is 26.3. The number of amides is 6. The quantitative estimate of drug-likeness (QED) is 0.275. The second-order valence-electron chi connectivity index (χ2n) is 12.6. The van der Waals surface area contributed by atoms with Gasteiger partial charge in [-0.2, -0.15) is 0 Å². The van der Waals surface area contributed by atoms with Gasteiger partial charge in [0, 0.05) is 29.5 Å². The van der Waals surface area contributed by atoms with Gasteiger partial charge < -0.3 is 10.6 Å². The fourth-order valence-corrected chi connectivity index (χ4v) is 6.96. The van der Waals surface area contributed by atoms with Crippen LogP contribution in [-0.4, -0.2) is 47.4 Å². The minimum atomic E-state index is -0.643. The molecule has 2 heterocycles. The number of fused-ring (bicyclic) bond motifs is 2. The van der Waals surface area contributed by atoms with Gasteiger partial charge >= 0.3 is 0 Å². The lowest BCUT2D eigenvalue weighted by atomic mass is 9.70. The average Bonchev–Trinajstić information content (AvgIpc) is 3.47. The Bertz CT molecular complexity index is 1930. The molecule has 240 valence electrons. The Kier molecular flexibility index (Phi) is 7.71. The van der Waals surface area contributed by atoms with Gasteiger partial charge in [0.2, 0.25) is 23.6 Å². The third kappa shape index (κ3) is 5.45. The van der Waals surface area contributed by atoms with E-state index in [1.54, 1.807) is 48.5 Å². The lowest BCUT2D eigenvalue weighted by Gasteiger charge is -2.28. The van der Waals surface area contributed by atoms with E-state index >= 15 is 0 Å². The van der Waals surface area contributed by atoms with Crippen LogP contribution in [0.25, 0.3) is 11.1 Å². The molecule has 4 atom stereocenters. The number of carbonyl (C=O) groups excluding carboxylic acids is 6. The Hall–Kier alpha value is -5.90. The fourth-order valence-electron chi connectivity index (χ4n) is 6.96. The first-order chi connectivity index (χ1) is 23.1. The van der Waals surface area contributed by atoms with Crippen molar-refractivity contribution in [1.82, 2.24) is 4.90 Å². The molecule has 0 aromatic heterocycles. The molecule has 2 saturated heterocycles. The highest BCUT2D eigenvalue weighted by atomic mass is 16.2. The molecule has 0 radical (unpaired) electrons. The van der Waals surface area contributed by atoms with E-state index in [1.807, 2.05) is 55.5 Å². The Morgan fingerprint density at radius 3 is 1.33 bits per heavy atom. The van der Waals surface area contributed by atoms with Crippen LogP contribution in [0, 0.1) is 30.6 Å². The molecule has 10 heteroatoms. The minimum Gasteiger partial charge on any atom is -0.322 e. The summed E-state index contributed by atoms with van der Waals surface area (Å²) in [7, 11) is 1.44. The molecule has 4 aromatic carbocycles. The molecule has 4 aromatic rings. The highest BCUT2D eigenvalue weighted by Gasteiger charge is 2.59. The topological polar surface area (TPSA) is 133 Å². The number of benzene rings is 4. The summed E-state index contributed by atoms with van der Waals surface area (Å²) < 4.78 is 0. The van der Waals surface area contributed by atoms with E-state index in [-0.39, 0.29) is 48.3 Å². The number of likely N-dealkylation sites (tertiary alicyclic amines) is 1. The standard InChI is InChI=1S/C38H32N4O6/c1-21-3-5-24(6-4-21)33(43)39-26-13-7-22(8-14-26)23-9-15-27(16-10-23)40-34(44)25-11-17-28(18-12-25)42-37(47)31-19-29-30(20-32(31)38(42)48)36(46)41(2)35(29)45/h3-18,29-32H,19-20H2,1-2H3,(H,39,43)(H,40,44). The van der Waals surface area contributed by atoms with Crippen LogP contribution in [0.1, 0.15) is 39.1 Å². The molecule has 48 heavy (non-hydrogen) atoms. The zero-order chi connectivity index (χ0) is 33.7. The third-order valence-electron chi connectivity index (χ3n) is 9.68. The maximum absolute atomic E-state index is 13.3. The number of anilines is 3. The molecule has 2 aliphatic heterocycles. The number of nitrogens with zero attached hydrogens (tertiary/aromatic N) is 2. The van der Waals surface area contributed by atoms with E-state index in [2.05, 4.69) is 10.6 Å². The van der Waals surface area contributed by atoms with Crippen LogP contribution in [0.4, 0.5) is 17.1 Å². The van der Waals surface area contributed by atoms with E-state index in [4.69, 9.17) is 0 Å².